The van der Waals surface area contributed by atoms with Gasteiger partial charge in [-0.15, -0.1) is 0 Å². The Balaban J connectivity index is 1.31. The van der Waals surface area contributed by atoms with Crippen molar-refractivity contribution in [3.63, 3.8) is 0 Å². The highest BCUT2D eigenvalue weighted by molar-refractivity contribution is 5.68. The van der Waals surface area contributed by atoms with Gasteiger partial charge in [0, 0.05) is 23.5 Å². The van der Waals surface area contributed by atoms with E-state index in [0.717, 1.165) is 16.9 Å². The molecule has 1 aliphatic rings. The summed E-state index contributed by atoms with van der Waals surface area (Å²) in [6, 6.07) is 14.8. The zero-order chi connectivity index (χ0) is 23.2. The molecule has 170 valence electrons. The molecule has 0 saturated carbocycles. The Morgan fingerprint density at radius 2 is 1.79 bits per heavy atom. The van der Waals surface area contributed by atoms with Crippen LogP contribution in [0.5, 0.6) is 17.2 Å². The van der Waals surface area contributed by atoms with Crippen molar-refractivity contribution in [3.8, 4) is 40.0 Å². The van der Waals surface area contributed by atoms with Gasteiger partial charge in [-0.25, -0.2) is 9.50 Å². The first-order valence-corrected chi connectivity index (χ1v) is 10.7. The Morgan fingerprint density at radius 3 is 2.62 bits per heavy atom. The third-order valence-corrected chi connectivity index (χ3v) is 5.82. The molecule has 0 saturated heterocycles. The topological polar surface area (TPSA) is 93.0 Å². The van der Waals surface area contributed by atoms with E-state index in [-0.39, 0.29) is 18.9 Å². The number of benzene rings is 2. The van der Waals surface area contributed by atoms with E-state index in [1.807, 2.05) is 49.4 Å². The molecule has 9 heteroatoms. The molecular weight excluding hydrogens is 436 g/mol. The Kier molecular flexibility index (Phi) is 4.61. The van der Waals surface area contributed by atoms with Crippen molar-refractivity contribution < 1.29 is 18.6 Å². The molecule has 0 bridgehead atoms. The number of fused-ring (bicyclic) bond motifs is 2. The van der Waals surface area contributed by atoms with Crippen LogP contribution in [0, 0.1) is 6.92 Å². The summed E-state index contributed by atoms with van der Waals surface area (Å²) in [6.07, 6.45) is 3.46. The average Bonchev–Trinajstić information content (AvgIpc) is 3.59. The number of aryl methyl sites for hydroxylation is 1. The van der Waals surface area contributed by atoms with Crippen molar-refractivity contribution in [1.29, 1.82) is 0 Å². The fourth-order valence-electron chi connectivity index (χ4n) is 3.94. The number of aromatic nitrogens is 4. The summed E-state index contributed by atoms with van der Waals surface area (Å²) in [5.41, 5.74) is 3.33. The molecule has 2 aromatic carbocycles. The van der Waals surface area contributed by atoms with Crippen LogP contribution in [-0.4, -0.2) is 33.1 Å². The first kappa shape index (κ1) is 20.1. The monoisotopic (exact) mass is 456 g/mol. The van der Waals surface area contributed by atoms with Gasteiger partial charge in [0.15, 0.2) is 11.5 Å². The fourth-order valence-corrected chi connectivity index (χ4v) is 3.94. The summed E-state index contributed by atoms with van der Waals surface area (Å²) >= 11 is 0. The minimum atomic E-state index is -0.171. The molecule has 0 aliphatic carbocycles. The van der Waals surface area contributed by atoms with Crippen molar-refractivity contribution in [1.82, 2.24) is 19.2 Å². The van der Waals surface area contributed by atoms with Crippen LogP contribution in [-0.2, 0) is 6.54 Å². The fraction of sp³-hybridized carbons (Fsp3) is 0.160. The quantitative estimate of drug-likeness (QED) is 0.396. The molecule has 0 spiro atoms. The SMILES string of the molecule is COc1ccc(-c2nc(Cn3ccn4nc(-c5ccc6c(c5)OCO6)cc4c3=O)c(C)o2)cc1. The number of nitrogens with zero attached hydrogens (tertiary/aromatic N) is 4. The zero-order valence-corrected chi connectivity index (χ0v) is 18.5. The van der Waals surface area contributed by atoms with Crippen molar-refractivity contribution in [2.24, 2.45) is 0 Å². The summed E-state index contributed by atoms with van der Waals surface area (Å²) in [7, 11) is 1.62. The predicted octanol–water partition coefficient (Wildman–Crippen LogP) is 3.91. The summed E-state index contributed by atoms with van der Waals surface area (Å²) < 4.78 is 25.1. The van der Waals surface area contributed by atoms with Crippen LogP contribution in [0.1, 0.15) is 11.5 Å². The Labute approximate surface area is 193 Å². The maximum Gasteiger partial charge on any atom is 0.276 e. The average molecular weight is 456 g/mol. The van der Waals surface area contributed by atoms with Gasteiger partial charge in [0.1, 0.15) is 22.7 Å². The standard InChI is InChI=1S/C25H20N4O5/c1-15-20(26-24(34-15)16-3-6-18(31-2)7-4-16)13-28-9-10-29-21(25(28)30)12-19(27-29)17-5-8-22-23(11-17)33-14-32-22/h3-12H,13-14H2,1-2H3. The van der Waals surface area contributed by atoms with Crippen LogP contribution in [0.25, 0.3) is 28.2 Å². The first-order valence-electron chi connectivity index (χ1n) is 10.7. The normalized spacial score (nSPS) is 12.4. The van der Waals surface area contributed by atoms with E-state index >= 15 is 0 Å². The number of hydrogen-bond acceptors (Lipinski definition) is 7. The number of methoxy groups -OCH3 is 1. The van der Waals surface area contributed by atoms with E-state index in [1.54, 1.807) is 34.7 Å². The molecule has 0 N–H and O–H groups in total. The van der Waals surface area contributed by atoms with Gasteiger partial charge in [0.05, 0.1) is 19.3 Å². The second kappa shape index (κ2) is 7.80. The van der Waals surface area contributed by atoms with Crippen LogP contribution >= 0.6 is 0 Å². The maximum absolute atomic E-state index is 13.2. The van der Waals surface area contributed by atoms with E-state index in [0.29, 0.717) is 40.1 Å². The zero-order valence-electron chi connectivity index (χ0n) is 18.5. The predicted molar refractivity (Wildman–Crippen MR) is 123 cm³/mol. The van der Waals surface area contributed by atoms with E-state index in [4.69, 9.17) is 18.6 Å². The molecule has 9 nitrogen and oxygen atoms in total. The minimum absolute atomic E-state index is 0.171. The molecule has 0 unspecified atom stereocenters. The molecule has 0 fully saturated rings. The van der Waals surface area contributed by atoms with Crippen LogP contribution in [0.15, 0.2) is 70.1 Å². The van der Waals surface area contributed by atoms with E-state index in [2.05, 4.69) is 10.1 Å². The van der Waals surface area contributed by atoms with Gasteiger partial charge in [0.2, 0.25) is 12.7 Å². The number of oxazole rings is 1. The summed E-state index contributed by atoms with van der Waals surface area (Å²) in [5, 5.41) is 4.56. The van der Waals surface area contributed by atoms with Crippen molar-refractivity contribution in [3.05, 3.63) is 82.7 Å². The van der Waals surface area contributed by atoms with Gasteiger partial charge in [-0.2, -0.15) is 5.10 Å². The first-order chi connectivity index (χ1) is 16.6. The Morgan fingerprint density at radius 1 is 1.00 bits per heavy atom. The summed E-state index contributed by atoms with van der Waals surface area (Å²) in [4.78, 5) is 17.8. The second-order valence-electron chi connectivity index (χ2n) is 7.91. The van der Waals surface area contributed by atoms with Gasteiger partial charge in [0.25, 0.3) is 5.56 Å². The Hall–Kier alpha value is -4.53. The van der Waals surface area contributed by atoms with Crippen LogP contribution < -0.4 is 19.8 Å². The third-order valence-electron chi connectivity index (χ3n) is 5.82. The van der Waals surface area contributed by atoms with Crippen LogP contribution in [0.4, 0.5) is 0 Å². The molecule has 34 heavy (non-hydrogen) atoms. The lowest BCUT2D eigenvalue weighted by atomic mass is 10.1. The van der Waals surface area contributed by atoms with E-state index in [9.17, 15) is 4.79 Å². The molecule has 5 aromatic rings. The largest absolute Gasteiger partial charge is 0.497 e. The van der Waals surface area contributed by atoms with Crippen LogP contribution in [0.2, 0.25) is 0 Å². The summed E-state index contributed by atoms with van der Waals surface area (Å²) in [6.45, 7) is 2.33. The lowest BCUT2D eigenvalue weighted by Crippen LogP contribution is -2.22. The van der Waals surface area contributed by atoms with Gasteiger partial charge in [-0.05, 0) is 55.5 Å². The lowest BCUT2D eigenvalue weighted by molar-refractivity contribution is 0.174. The highest BCUT2D eigenvalue weighted by atomic mass is 16.7. The Bertz CT molecular complexity index is 1580. The molecule has 1 aliphatic heterocycles. The van der Waals surface area contributed by atoms with E-state index < -0.39 is 0 Å². The van der Waals surface area contributed by atoms with E-state index in [1.165, 1.54) is 0 Å². The van der Waals surface area contributed by atoms with Gasteiger partial charge in [-0.1, -0.05) is 0 Å². The molecular formula is C25H20N4O5. The third kappa shape index (κ3) is 3.38. The number of hydrogen-bond donors (Lipinski definition) is 0. The van der Waals surface area contributed by atoms with Crippen molar-refractivity contribution in [2.75, 3.05) is 13.9 Å². The molecule has 4 heterocycles. The smallest absolute Gasteiger partial charge is 0.276 e. The molecule has 0 amide bonds. The lowest BCUT2D eigenvalue weighted by Gasteiger charge is -2.04. The minimum Gasteiger partial charge on any atom is -0.497 e. The van der Waals surface area contributed by atoms with Crippen molar-refractivity contribution >= 4 is 5.52 Å². The summed E-state index contributed by atoms with van der Waals surface area (Å²) in [5.74, 6) is 3.28. The number of ether oxygens (including phenoxy) is 3. The van der Waals surface area contributed by atoms with Gasteiger partial charge >= 0.3 is 0 Å². The second-order valence-corrected chi connectivity index (χ2v) is 7.91. The highest BCUT2D eigenvalue weighted by Gasteiger charge is 2.17. The number of rotatable bonds is 5. The van der Waals surface area contributed by atoms with Crippen LogP contribution in [0.3, 0.4) is 0 Å². The molecule has 3 aromatic heterocycles. The maximum atomic E-state index is 13.2. The molecule has 0 atom stereocenters. The van der Waals surface area contributed by atoms with Gasteiger partial charge < -0.3 is 23.2 Å². The highest BCUT2D eigenvalue weighted by Crippen LogP contribution is 2.35. The molecule has 0 radical (unpaired) electrons. The van der Waals surface area contributed by atoms with Gasteiger partial charge in [-0.3, -0.25) is 4.79 Å². The van der Waals surface area contributed by atoms with Crippen molar-refractivity contribution in [2.45, 2.75) is 13.5 Å². The molecule has 6 rings (SSSR count).